The average molecular weight is 463 g/mol. The van der Waals surface area contributed by atoms with Crippen molar-refractivity contribution in [3.63, 3.8) is 0 Å². The van der Waals surface area contributed by atoms with E-state index in [1.54, 1.807) is 0 Å². The smallest absolute Gasteiger partial charge is 0.222 e. The van der Waals surface area contributed by atoms with E-state index in [9.17, 15) is 4.79 Å². The summed E-state index contributed by atoms with van der Waals surface area (Å²) in [6.07, 6.45) is 28.8. The molecule has 3 nitrogen and oxygen atoms in total. The first kappa shape index (κ1) is 26.3. The molecule has 1 atom stereocenters. The number of benzene rings is 1. The van der Waals surface area contributed by atoms with Gasteiger partial charge in [0.2, 0.25) is 5.91 Å². The summed E-state index contributed by atoms with van der Waals surface area (Å²) in [5.41, 5.74) is 2.54. The third kappa shape index (κ3) is 8.81. The van der Waals surface area contributed by atoms with E-state index in [1.165, 1.54) is 74.3 Å². The molecule has 1 N–H and O–H groups in total. The van der Waals surface area contributed by atoms with Gasteiger partial charge >= 0.3 is 0 Å². The first-order valence-corrected chi connectivity index (χ1v) is 13.9. The number of allylic oxidation sites excluding steroid dienone is 4. The second-order valence-corrected chi connectivity index (χ2v) is 9.93. The van der Waals surface area contributed by atoms with Crippen molar-refractivity contribution < 1.29 is 4.79 Å². The Hall–Kier alpha value is -2.29. The molecule has 2 heterocycles. The van der Waals surface area contributed by atoms with Crippen LogP contribution in [0.5, 0.6) is 0 Å². The molecule has 186 valence electrons. The van der Waals surface area contributed by atoms with E-state index in [0.717, 1.165) is 45.1 Å². The number of para-hydroxylation sites is 1. The molecule has 3 heteroatoms. The van der Waals surface area contributed by atoms with Crippen molar-refractivity contribution >= 4 is 16.8 Å². The maximum atomic E-state index is 12.9. The predicted octanol–water partition coefficient (Wildman–Crippen LogP) is 8.51. The SMILES string of the molecule is CCCCC/C=C\C/C=C\CCCCCCCC(=O)N1CCCC1Cc1c[nH]c2ccccc12. The molecule has 0 spiro atoms. The molecule has 0 bridgehead atoms. The summed E-state index contributed by atoms with van der Waals surface area (Å²) >= 11 is 0. The Morgan fingerprint density at radius 2 is 1.71 bits per heavy atom. The Morgan fingerprint density at radius 1 is 0.971 bits per heavy atom. The van der Waals surface area contributed by atoms with Crippen LogP contribution in [0.4, 0.5) is 0 Å². The summed E-state index contributed by atoms with van der Waals surface area (Å²) in [6.45, 7) is 3.19. The average Bonchev–Trinajstić information content (AvgIpc) is 3.49. The number of amides is 1. The maximum Gasteiger partial charge on any atom is 0.222 e. The standard InChI is InChI=1S/C31H46N2O/c1-2-3-4-5-6-7-8-9-10-11-12-13-14-15-16-23-31(34)33-24-19-20-28(33)25-27-26-32-30-22-18-17-21-29(27)30/h6-7,9-10,17-18,21-22,26,28,32H,2-5,8,11-16,19-20,23-25H2,1H3/b7-6-,10-9-. The van der Waals surface area contributed by atoms with Gasteiger partial charge in [0.1, 0.15) is 0 Å². The zero-order valence-corrected chi connectivity index (χ0v) is 21.4. The highest BCUT2D eigenvalue weighted by molar-refractivity contribution is 5.83. The largest absolute Gasteiger partial charge is 0.361 e. The van der Waals surface area contributed by atoms with E-state index in [2.05, 4.69) is 71.6 Å². The number of hydrogen-bond acceptors (Lipinski definition) is 1. The number of carbonyl (C=O) groups excluding carboxylic acids is 1. The summed E-state index contributed by atoms with van der Waals surface area (Å²) in [4.78, 5) is 18.4. The Bertz CT molecular complexity index is 894. The summed E-state index contributed by atoms with van der Waals surface area (Å²) in [7, 11) is 0. The van der Waals surface area contributed by atoms with Gasteiger partial charge in [-0.05, 0) is 69.4 Å². The van der Waals surface area contributed by atoms with Gasteiger partial charge in [0.25, 0.3) is 0 Å². The molecular formula is C31H46N2O. The van der Waals surface area contributed by atoms with E-state index >= 15 is 0 Å². The fraction of sp³-hybridized carbons (Fsp3) is 0.581. The van der Waals surface area contributed by atoms with E-state index in [0.29, 0.717) is 11.9 Å². The van der Waals surface area contributed by atoms with Crippen molar-refractivity contribution in [3.05, 3.63) is 60.3 Å². The number of carbonyl (C=O) groups is 1. The molecular weight excluding hydrogens is 416 g/mol. The molecule has 34 heavy (non-hydrogen) atoms. The number of aromatic nitrogens is 1. The van der Waals surface area contributed by atoms with Gasteiger partial charge in [-0.2, -0.15) is 0 Å². The first-order chi connectivity index (χ1) is 16.8. The number of nitrogens with one attached hydrogen (secondary N) is 1. The second kappa shape index (κ2) is 15.6. The van der Waals surface area contributed by atoms with Crippen molar-refractivity contribution in [2.45, 2.75) is 109 Å². The van der Waals surface area contributed by atoms with Crippen molar-refractivity contribution in [3.8, 4) is 0 Å². The van der Waals surface area contributed by atoms with Crippen molar-refractivity contribution in [1.82, 2.24) is 9.88 Å². The van der Waals surface area contributed by atoms with Crippen molar-refractivity contribution in [1.29, 1.82) is 0 Å². The fourth-order valence-corrected chi connectivity index (χ4v) is 5.16. The highest BCUT2D eigenvalue weighted by Crippen LogP contribution is 2.26. The van der Waals surface area contributed by atoms with E-state index < -0.39 is 0 Å². The number of aromatic amines is 1. The number of unbranched alkanes of at least 4 members (excludes halogenated alkanes) is 8. The summed E-state index contributed by atoms with van der Waals surface area (Å²) in [5, 5.41) is 1.30. The molecule has 0 aliphatic carbocycles. The lowest BCUT2D eigenvalue weighted by Gasteiger charge is -2.25. The van der Waals surface area contributed by atoms with Crippen LogP contribution in [0.25, 0.3) is 10.9 Å². The lowest BCUT2D eigenvalue weighted by Crippen LogP contribution is -2.36. The molecule has 1 aromatic carbocycles. The third-order valence-electron chi connectivity index (χ3n) is 7.17. The number of fused-ring (bicyclic) bond motifs is 1. The molecule has 1 aliphatic heterocycles. The number of rotatable bonds is 16. The zero-order chi connectivity index (χ0) is 23.8. The molecule has 1 saturated heterocycles. The van der Waals surface area contributed by atoms with Gasteiger partial charge in [0.15, 0.2) is 0 Å². The Labute approximate surface area is 207 Å². The van der Waals surface area contributed by atoms with Crippen molar-refractivity contribution in [2.75, 3.05) is 6.54 Å². The van der Waals surface area contributed by atoms with Gasteiger partial charge in [0, 0.05) is 36.1 Å². The quantitative estimate of drug-likeness (QED) is 0.197. The molecule has 0 radical (unpaired) electrons. The monoisotopic (exact) mass is 462 g/mol. The van der Waals surface area contributed by atoms with Crippen LogP contribution in [-0.2, 0) is 11.2 Å². The van der Waals surface area contributed by atoms with Crippen LogP contribution >= 0.6 is 0 Å². The fourth-order valence-electron chi connectivity index (χ4n) is 5.16. The topological polar surface area (TPSA) is 36.1 Å². The molecule has 1 amide bonds. The van der Waals surface area contributed by atoms with Crippen LogP contribution in [0.15, 0.2) is 54.8 Å². The van der Waals surface area contributed by atoms with E-state index in [1.807, 2.05) is 0 Å². The van der Waals surface area contributed by atoms with Gasteiger partial charge in [0.05, 0.1) is 0 Å². The summed E-state index contributed by atoms with van der Waals surface area (Å²) < 4.78 is 0. The van der Waals surface area contributed by atoms with Crippen LogP contribution in [0, 0.1) is 0 Å². The first-order valence-electron chi connectivity index (χ1n) is 13.9. The highest BCUT2D eigenvalue weighted by atomic mass is 16.2. The highest BCUT2D eigenvalue weighted by Gasteiger charge is 2.28. The Morgan fingerprint density at radius 3 is 2.53 bits per heavy atom. The number of likely N-dealkylation sites (tertiary alicyclic amines) is 1. The van der Waals surface area contributed by atoms with E-state index in [4.69, 9.17) is 0 Å². The third-order valence-corrected chi connectivity index (χ3v) is 7.17. The normalized spacial score (nSPS) is 16.5. The van der Waals surface area contributed by atoms with Gasteiger partial charge in [-0.3, -0.25) is 4.79 Å². The van der Waals surface area contributed by atoms with Crippen LogP contribution in [0.3, 0.4) is 0 Å². The van der Waals surface area contributed by atoms with Crippen LogP contribution < -0.4 is 0 Å². The molecule has 3 rings (SSSR count). The maximum absolute atomic E-state index is 12.9. The number of hydrogen-bond donors (Lipinski definition) is 1. The minimum Gasteiger partial charge on any atom is -0.361 e. The lowest BCUT2D eigenvalue weighted by atomic mass is 10.0. The summed E-state index contributed by atoms with van der Waals surface area (Å²) in [6, 6.07) is 8.84. The Balaban J connectivity index is 1.23. The van der Waals surface area contributed by atoms with Gasteiger partial charge in [-0.25, -0.2) is 0 Å². The van der Waals surface area contributed by atoms with Gasteiger partial charge in [-0.1, -0.05) is 81.5 Å². The summed E-state index contributed by atoms with van der Waals surface area (Å²) in [5.74, 6) is 0.369. The zero-order valence-electron chi connectivity index (χ0n) is 21.4. The van der Waals surface area contributed by atoms with Crippen molar-refractivity contribution in [2.24, 2.45) is 0 Å². The molecule has 1 aromatic heterocycles. The van der Waals surface area contributed by atoms with Gasteiger partial charge < -0.3 is 9.88 Å². The molecule has 1 fully saturated rings. The minimum atomic E-state index is 0.365. The predicted molar refractivity (Wildman–Crippen MR) is 146 cm³/mol. The van der Waals surface area contributed by atoms with Crippen LogP contribution in [0.1, 0.15) is 102 Å². The van der Waals surface area contributed by atoms with Crippen LogP contribution in [-0.4, -0.2) is 28.4 Å². The second-order valence-electron chi connectivity index (χ2n) is 9.93. The molecule has 0 saturated carbocycles. The minimum absolute atomic E-state index is 0.365. The number of H-pyrrole nitrogens is 1. The molecule has 2 aromatic rings. The lowest BCUT2D eigenvalue weighted by molar-refractivity contribution is -0.132. The van der Waals surface area contributed by atoms with Gasteiger partial charge in [-0.15, -0.1) is 0 Å². The molecule has 1 aliphatic rings. The number of nitrogens with zero attached hydrogens (tertiary/aromatic N) is 1. The van der Waals surface area contributed by atoms with E-state index in [-0.39, 0.29) is 0 Å². The Kier molecular flexibility index (Phi) is 12.1. The molecule has 1 unspecified atom stereocenters. The van der Waals surface area contributed by atoms with Crippen LogP contribution in [0.2, 0.25) is 0 Å².